The van der Waals surface area contributed by atoms with E-state index in [0.29, 0.717) is 25.6 Å². The Hall–Kier alpha value is -2.50. The van der Waals surface area contributed by atoms with E-state index in [-0.39, 0.29) is 11.6 Å². The van der Waals surface area contributed by atoms with Gasteiger partial charge in [-0.3, -0.25) is 0 Å². The fourth-order valence-corrected chi connectivity index (χ4v) is 2.79. The summed E-state index contributed by atoms with van der Waals surface area (Å²) in [5, 5.41) is 3.05. The highest BCUT2D eigenvalue weighted by Crippen LogP contribution is 2.14. The van der Waals surface area contributed by atoms with Gasteiger partial charge in [0.2, 0.25) is 0 Å². The topological polar surface area (TPSA) is 59.4 Å². The van der Waals surface area contributed by atoms with Gasteiger partial charge in [-0.05, 0) is 44.4 Å². The van der Waals surface area contributed by atoms with Crippen molar-refractivity contribution >= 4 is 6.03 Å². The van der Waals surface area contributed by atoms with Crippen molar-refractivity contribution in [3.05, 3.63) is 48.0 Å². The molecule has 6 nitrogen and oxygen atoms in total. The summed E-state index contributed by atoms with van der Waals surface area (Å²) in [5.41, 5.74) is 0.884. The number of carbonyl (C=O) groups is 1. The van der Waals surface area contributed by atoms with Crippen molar-refractivity contribution in [3.8, 4) is 5.75 Å². The maximum absolute atomic E-state index is 12.7. The van der Waals surface area contributed by atoms with Crippen LogP contribution in [0.5, 0.6) is 5.75 Å². The van der Waals surface area contributed by atoms with Gasteiger partial charge in [0.15, 0.2) is 0 Å². The van der Waals surface area contributed by atoms with Crippen molar-refractivity contribution in [1.29, 1.82) is 0 Å². The molecule has 0 unspecified atom stereocenters. The predicted molar refractivity (Wildman–Crippen MR) is 108 cm³/mol. The number of ether oxygens (including phenoxy) is 1. The van der Waals surface area contributed by atoms with E-state index in [1.54, 1.807) is 13.3 Å². The van der Waals surface area contributed by atoms with Gasteiger partial charge in [0.1, 0.15) is 11.6 Å². The van der Waals surface area contributed by atoms with Crippen LogP contribution in [0, 0.1) is 5.92 Å². The molecule has 1 aromatic heterocycles. The molecule has 0 saturated carbocycles. The highest BCUT2D eigenvalue weighted by atomic mass is 16.5. The van der Waals surface area contributed by atoms with Gasteiger partial charge in [-0.1, -0.05) is 26.0 Å². The van der Waals surface area contributed by atoms with Gasteiger partial charge in [0.05, 0.1) is 13.7 Å². The molecule has 27 heavy (non-hydrogen) atoms. The number of aromatic nitrogens is 2. The third-order valence-electron chi connectivity index (χ3n) is 4.00. The van der Waals surface area contributed by atoms with Crippen LogP contribution in [0.25, 0.3) is 0 Å². The number of hydrogen-bond donors (Lipinski definition) is 1. The van der Waals surface area contributed by atoms with Crippen LogP contribution in [0.15, 0.2) is 36.7 Å². The van der Waals surface area contributed by atoms with Crippen molar-refractivity contribution in [2.24, 2.45) is 5.92 Å². The summed E-state index contributed by atoms with van der Waals surface area (Å²) in [6, 6.07) is 7.93. The zero-order valence-electron chi connectivity index (χ0n) is 17.3. The number of benzene rings is 1. The Morgan fingerprint density at radius 2 is 1.93 bits per heavy atom. The van der Waals surface area contributed by atoms with Gasteiger partial charge < -0.3 is 19.5 Å². The first-order valence-electron chi connectivity index (χ1n) is 9.38. The SMILES string of the molecule is COc1ccc(Cn2ccnc2CN(CC(C)C)C(=O)NC(C)(C)C)cc1. The molecule has 2 aromatic rings. The molecule has 1 aromatic carbocycles. The second kappa shape index (κ2) is 8.93. The Kier molecular flexibility index (Phi) is 6.88. The van der Waals surface area contributed by atoms with Gasteiger partial charge in [-0.25, -0.2) is 9.78 Å². The first kappa shape index (κ1) is 20.8. The van der Waals surface area contributed by atoms with E-state index in [2.05, 4.69) is 28.7 Å². The lowest BCUT2D eigenvalue weighted by Crippen LogP contribution is -2.49. The molecule has 0 aliphatic rings. The number of rotatable bonds is 7. The number of nitrogens with one attached hydrogen (secondary N) is 1. The molecule has 0 aliphatic carbocycles. The summed E-state index contributed by atoms with van der Waals surface area (Å²) in [5.74, 6) is 2.09. The second-order valence-electron chi connectivity index (χ2n) is 8.27. The lowest BCUT2D eigenvalue weighted by atomic mass is 10.1. The Morgan fingerprint density at radius 1 is 1.26 bits per heavy atom. The summed E-state index contributed by atoms with van der Waals surface area (Å²) < 4.78 is 7.30. The molecule has 0 atom stereocenters. The molecule has 0 saturated heterocycles. The summed E-state index contributed by atoms with van der Waals surface area (Å²) in [6.07, 6.45) is 3.74. The molecular weight excluding hydrogens is 340 g/mol. The van der Waals surface area contributed by atoms with E-state index in [1.165, 1.54) is 0 Å². The summed E-state index contributed by atoms with van der Waals surface area (Å²) in [6.45, 7) is 12.0. The third kappa shape index (κ3) is 6.62. The molecule has 0 aliphatic heterocycles. The number of imidazole rings is 1. The average Bonchev–Trinajstić information content (AvgIpc) is 3.00. The molecule has 0 fully saturated rings. The minimum Gasteiger partial charge on any atom is -0.497 e. The Morgan fingerprint density at radius 3 is 2.48 bits per heavy atom. The van der Waals surface area contributed by atoms with E-state index in [4.69, 9.17) is 4.74 Å². The van der Waals surface area contributed by atoms with E-state index >= 15 is 0 Å². The minimum atomic E-state index is -0.273. The number of urea groups is 1. The molecule has 0 bridgehead atoms. The van der Waals surface area contributed by atoms with Gasteiger partial charge in [0, 0.05) is 31.0 Å². The van der Waals surface area contributed by atoms with Gasteiger partial charge in [-0.2, -0.15) is 0 Å². The van der Waals surface area contributed by atoms with Crippen LogP contribution in [-0.2, 0) is 13.1 Å². The van der Waals surface area contributed by atoms with Crippen molar-refractivity contribution in [3.63, 3.8) is 0 Å². The lowest BCUT2D eigenvalue weighted by molar-refractivity contribution is 0.177. The fraction of sp³-hybridized carbons (Fsp3) is 0.524. The van der Waals surface area contributed by atoms with Crippen molar-refractivity contribution in [2.45, 2.75) is 53.2 Å². The Balaban J connectivity index is 2.13. The summed E-state index contributed by atoms with van der Waals surface area (Å²) >= 11 is 0. The van der Waals surface area contributed by atoms with Crippen LogP contribution < -0.4 is 10.1 Å². The van der Waals surface area contributed by atoms with Crippen LogP contribution in [0.2, 0.25) is 0 Å². The highest BCUT2D eigenvalue weighted by Gasteiger charge is 2.22. The molecular formula is C21H32N4O2. The number of methoxy groups -OCH3 is 1. The monoisotopic (exact) mass is 372 g/mol. The number of carbonyl (C=O) groups excluding carboxylic acids is 1. The number of nitrogens with zero attached hydrogens (tertiary/aromatic N) is 3. The molecule has 0 radical (unpaired) electrons. The first-order chi connectivity index (χ1) is 12.7. The molecule has 6 heteroatoms. The molecule has 1 N–H and O–H groups in total. The normalized spacial score (nSPS) is 11.5. The Bertz CT molecular complexity index is 729. The van der Waals surface area contributed by atoms with Gasteiger partial charge >= 0.3 is 6.03 Å². The van der Waals surface area contributed by atoms with E-state index < -0.39 is 0 Å². The van der Waals surface area contributed by atoms with Crippen LogP contribution >= 0.6 is 0 Å². The molecule has 0 spiro atoms. The van der Waals surface area contributed by atoms with Crippen molar-refractivity contribution in [1.82, 2.24) is 19.8 Å². The quantitative estimate of drug-likeness (QED) is 0.802. The van der Waals surface area contributed by atoms with Crippen LogP contribution in [0.3, 0.4) is 0 Å². The molecule has 2 rings (SSSR count). The van der Waals surface area contributed by atoms with Crippen molar-refractivity contribution in [2.75, 3.05) is 13.7 Å². The third-order valence-corrected chi connectivity index (χ3v) is 4.00. The average molecular weight is 373 g/mol. The van der Waals surface area contributed by atoms with Crippen LogP contribution in [-0.4, -0.2) is 39.7 Å². The summed E-state index contributed by atoms with van der Waals surface area (Å²) in [4.78, 5) is 19.0. The van der Waals surface area contributed by atoms with E-state index in [1.807, 2.05) is 56.1 Å². The van der Waals surface area contributed by atoms with Crippen LogP contribution in [0.1, 0.15) is 46.0 Å². The summed E-state index contributed by atoms with van der Waals surface area (Å²) in [7, 11) is 1.66. The predicted octanol–water partition coefficient (Wildman–Crippen LogP) is 3.91. The van der Waals surface area contributed by atoms with Crippen molar-refractivity contribution < 1.29 is 9.53 Å². The highest BCUT2D eigenvalue weighted by molar-refractivity contribution is 5.74. The van der Waals surface area contributed by atoms with Gasteiger partial charge in [0.25, 0.3) is 0 Å². The van der Waals surface area contributed by atoms with Crippen LogP contribution in [0.4, 0.5) is 4.79 Å². The zero-order chi connectivity index (χ0) is 20.0. The maximum Gasteiger partial charge on any atom is 0.318 e. The lowest BCUT2D eigenvalue weighted by Gasteiger charge is -2.29. The van der Waals surface area contributed by atoms with E-state index in [9.17, 15) is 4.79 Å². The minimum absolute atomic E-state index is 0.0600. The number of amides is 2. The first-order valence-corrected chi connectivity index (χ1v) is 9.38. The smallest absolute Gasteiger partial charge is 0.318 e. The van der Waals surface area contributed by atoms with Gasteiger partial charge in [-0.15, -0.1) is 0 Å². The largest absolute Gasteiger partial charge is 0.497 e. The standard InChI is InChI=1S/C21H32N4O2/c1-16(2)13-25(20(26)23-21(3,4)5)15-19-22-11-12-24(19)14-17-7-9-18(27-6)10-8-17/h7-12,16H,13-15H2,1-6H3,(H,23,26). The number of hydrogen-bond acceptors (Lipinski definition) is 3. The van der Waals surface area contributed by atoms with E-state index in [0.717, 1.165) is 17.1 Å². The fourth-order valence-electron chi connectivity index (χ4n) is 2.79. The molecule has 148 valence electrons. The Labute approximate surface area is 162 Å². The maximum atomic E-state index is 12.7. The molecule has 1 heterocycles. The zero-order valence-corrected chi connectivity index (χ0v) is 17.3. The molecule has 2 amide bonds. The second-order valence-corrected chi connectivity index (χ2v) is 8.27.